The second-order valence-corrected chi connectivity index (χ2v) is 6.24. The lowest BCUT2D eigenvalue weighted by Gasteiger charge is -2.27. The van der Waals surface area contributed by atoms with E-state index >= 15 is 0 Å². The molecule has 0 aliphatic carbocycles. The Labute approximate surface area is 131 Å². The van der Waals surface area contributed by atoms with E-state index < -0.39 is 5.54 Å². The molecule has 0 bridgehead atoms. The third-order valence-corrected chi connectivity index (χ3v) is 4.05. The van der Waals surface area contributed by atoms with Gasteiger partial charge < -0.3 is 10.6 Å². The van der Waals surface area contributed by atoms with E-state index in [1.54, 1.807) is 6.92 Å². The molecule has 5 heteroatoms. The summed E-state index contributed by atoms with van der Waals surface area (Å²) in [5.41, 5.74) is 0.242. The fourth-order valence-corrected chi connectivity index (χ4v) is 2.05. The van der Waals surface area contributed by atoms with Gasteiger partial charge in [-0.15, -0.1) is 0 Å². The van der Waals surface area contributed by atoms with Crippen LogP contribution in [0.5, 0.6) is 0 Å². The van der Waals surface area contributed by atoms with Gasteiger partial charge in [-0.05, 0) is 31.9 Å². The van der Waals surface area contributed by atoms with Crippen LogP contribution in [0.4, 0.5) is 0 Å². The van der Waals surface area contributed by atoms with Crippen LogP contribution in [0.1, 0.15) is 39.3 Å². The molecule has 4 nitrogen and oxygen atoms in total. The highest BCUT2D eigenvalue weighted by Gasteiger charge is 2.30. The van der Waals surface area contributed by atoms with Crippen LogP contribution in [-0.2, 0) is 4.79 Å². The van der Waals surface area contributed by atoms with Crippen LogP contribution in [0.25, 0.3) is 0 Å². The molecule has 114 valence electrons. The Morgan fingerprint density at radius 2 is 2.14 bits per heavy atom. The van der Waals surface area contributed by atoms with Crippen LogP contribution in [0.3, 0.4) is 0 Å². The van der Waals surface area contributed by atoms with Crippen molar-refractivity contribution in [1.29, 1.82) is 5.26 Å². The Morgan fingerprint density at radius 1 is 1.48 bits per heavy atom. The first kappa shape index (κ1) is 17.5. The van der Waals surface area contributed by atoms with Crippen LogP contribution in [-0.4, -0.2) is 18.0 Å². The summed E-state index contributed by atoms with van der Waals surface area (Å²) in [5.74, 6) is -0.0848. The monoisotopic (exact) mass is 308 g/mol. The van der Waals surface area contributed by atoms with Crippen LogP contribution >= 0.6 is 11.6 Å². The van der Waals surface area contributed by atoms with Gasteiger partial charge in [-0.2, -0.15) is 5.26 Å². The molecular weight excluding hydrogens is 286 g/mol. The first-order valence-corrected chi connectivity index (χ1v) is 7.47. The highest BCUT2D eigenvalue weighted by molar-refractivity contribution is 6.30. The summed E-state index contributed by atoms with van der Waals surface area (Å²) >= 11 is 5.96. The number of carbonyl (C=O) groups excluding carboxylic acids is 1. The van der Waals surface area contributed by atoms with Crippen molar-refractivity contribution in [1.82, 2.24) is 5.32 Å². The van der Waals surface area contributed by atoms with Crippen LogP contribution in [0, 0.1) is 17.2 Å². The number of carbonyl (C=O) groups is 1. The fraction of sp³-hybridized carbons (Fsp3) is 0.500. The second-order valence-electron chi connectivity index (χ2n) is 5.80. The number of benzene rings is 1. The Hall–Kier alpha value is -1.57. The predicted octanol–water partition coefficient (Wildman–Crippen LogP) is 2.02. The zero-order chi connectivity index (χ0) is 16.0. The Bertz CT molecular complexity index is 539. The van der Waals surface area contributed by atoms with Crippen molar-refractivity contribution >= 4 is 17.5 Å². The molecule has 0 fully saturated rings. The van der Waals surface area contributed by atoms with Crippen molar-refractivity contribution in [3.8, 4) is 6.07 Å². The number of amides is 1. The average Bonchev–Trinajstić information content (AvgIpc) is 2.44. The summed E-state index contributed by atoms with van der Waals surface area (Å²) in [6.45, 7) is 7.88. The normalized spacial score (nSPS) is 15.1. The molecule has 0 spiro atoms. The number of halogens is 1. The average molecular weight is 309 g/mol. The molecule has 0 radical (unpaired) electrons. The number of nitrogens with zero attached hydrogens (tertiary/aromatic N) is 1. The van der Waals surface area contributed by atoms with Crippen molar-refractivity contribution in [2.45, 2.75) is 39.3 Å². The van der Waals surface area contributed by atoms with Gasteiger partial charge in [-0.25, -0.2) is 0 Å². The Morgan fingerprint density at radius 3 is 2.67 bits per heavy atom. The van der Waals surface area contributed by atoms with Crippen molar-refractivity contribution in [2.75, 3.05) is 6.54 Å². The van der Waals surface area contributed by atoms with E-state index in [2.05, 4.69) is 11.4 Å². The minimum Gasteiger partial charge on any atom is -0.333 e. The van der Waals surface area contributed by atoms with E-state index in [0.717, 1.165) is 5.56 Å². The largest absolute Gasteiger partial charge is 0.333 e. The standard InChI is InChI=1S/C16H22ClN3O/c1-11(2)16(4,10-18)20-15(21)9-19-12(3)13-6-5-7-14(17)8-13/h5-8,11-12,19H,9H2,1-4H3,(H,20,21)/p+1/t12-,16-/m1/s1. The molecule has 0 unspecified atom stereocenters. The van der Waals surface area contributed by atoms with Gasteiger partial charge in [0.1, 0.15) is 11.6 Å². The summed E-state index contributed by atoms with van der Waals surface area (Å²) in [6, 6.07) is 9.90. The molecule has 1 aromatic rings. The molecule has 0 heterocycles. The summed E-state index contributed by atoms with van der Waals surface area (Å²) < 4.78 is 0. The third kappa shape index (κ3) is 5.04. The maximum absolute atomic E-state index is 12.0. The van der Waals surface area contributed by atoms with E-state index in [1.165, 1.54) is 0 Å². The molecular formula is C16H23ClN3O+. The lowest BCUT2D eigenvalue weighted by atomic mass is 9.90. The quantitative estimate of drug-likeness (QED) is 0.844. The van der Waals surface area contributed by atoms with Gasteiger partial charge in [0.15, 0.2) is 6.54 Å². The van der Waals surface area contributed by atoms with Crippen molar-refractivity contribution in [2.24, 2.45) is 5.92 Å². The number of rotatable bonds is 6. The maximum Gasteiger partial charge on any atom is 0.276 e. The van der Waals surface area contributed by atoms with E-state index in [4.69, 9.17) is 11.6 Å². The number of nitriles is 1. The van der Waals surface area contributed by atoms with Gasteiger partial charge >= 0.3 is 0 Å². The molecule has 0 aromatic heterocycles. The predicted molar refractivity (Wildman–Crippen MR) is 83.7 cm³/mol. The molecule has 1 amide bonds. The summed E-state index contributed by atoms with van der Waals surface area (Å²) in [4.78, 5) is 12.0. The Kier molecular flexibility index (Phi) is 6.19. The van der Waals surface area contributed by atoms with E-state index in [0.29, 0.717) is 5.02 Å². The van der Waals surface area contributed by atoms with Crippen molar-refractivity contribution in [3.63, 3.8) is 0 Å². The molecule has 0 saturated heterocycles. The molecule has 3 N–H and O–H groups in total. The van der Waals surface area contributed by atoms with Crippen LogP contribution in [0.2, 0.25) is 5.02 Å². The van der Waals surface area contributed by atoms with Gasteiger partial charge in [0.2, 0.25) is 0 Å². The molecule has 1 rings (SSSR count). The lowest BCUT2D eigenvalue weighted by molar-refractivity contribution is -0.682. The van der Waals surface area contributed by atoms with Crippen molar-refractivity contribution < 1.29 is 10.1 Å². The van der Waals surface area contributed by atoms with E-state index in [1.807, 2.05) is 50.4 Å². The number of hydrogen-bond acceptors (Lipinski definition) is 2. The lowest BCUT2D eigenvalue weighted by Crippen LogP contribution is -2.87. The van der Waals surface area contributed by atoms with E-state index in [9.17, 15) is 10.1 Å². The smallest absolute Gasteiger partial charge is 0.276 e. The molecule has 0 aliphatic heterocycles. The topological polar surface area (TPSA) is 69.5 Å². The van der Waals surface area contributed by atoms with Gasteiger partial charge in [0, 0.05) is 10.6 Å². The number of nitrogens with one attached hydrogen (secondary N) is 1. The first-order chi connectivity index (χ1) is 9.78. The third-order valence-electron chi connectivity index (χ3n) is 3.82. The minimum atomic E-state index is -0.829. The minimum absolute atomic E-state index is 0.0526. The summed E-state index contributed by atoms with van der Waals surface area (Å²) in [5, 5.41) is 14.6. The molecule has 0 saturated carbocycles. The second kappa shape index (κ2) is 7.44. The van der Waals surface area contributed by atoms with Gasteiger partial charge in [-0.3, -0.25) is 4.79 Å². The molecule has 1 aromatic carbocycles. The van der Waals surface area contributed by atoms with Crippen LogP contribution in [0.15, 0.2) is 24.3 Å². The van der Waals surface area contributed by atoms with Gasteiger partial charge in [-0.1, -0.05) is 37.6 Å². The summed E-state index contributed by atoms with van der Waals surface area (Å²) in [7, 11) is 0. The molecule has 0 aliphatic rings. The Balaban J connectivity index is 2.56. The molecule has 2 atom stereocenters. The fourth-order valence-electron chi connectivity index (χ4n) is 1.85. The number of hydrogen-bond donors (Lipinski definition) is 2. The first-order valence-electron chi connectivity index (χ1n) is 7.09. The SMILES string of the molecule is CC(C)[C@@](C)(C#N)NC(=O)C[NH2+][C@H](C)c1cccc(Cl)c1. The van der Waals surface area contributed by atoms with E-state index in [-0.39, 0.29) is 24.4 Å². The van der Waals surface area contributed by atoms with Crippen LogP contribution < -0.4 is 10.6 Å². The maximum atomic E-state index is 12.0. The van der Waals surface area contributed by atoms with Gasteiger partial charge in [0.05, 0.1) is 6.07 Å². The number of nitrogens with two attached hydrogens (primary N) is 1. The highest BCUT2D eigenvalue weighted by Crippen LogP contribution is 2.15. The van der Waals surface area contributed by atoms with Crippen molar-refractivity contribution in [3.05, 3.63) is 34.9 Å². The summed E-state index contributed by atoms with van der Waals surface area (Å²) in [6.07, 6.45) is 0. The van der Waals surface area contributed by atoms with Gasteiger partial charge in [0.25, 0.3) is 5.91 Å². The molecule has 21 heavy (non-hydrogen) atoms. The highest BCUT2D eigenvalue weighted by atomic mass is 35.5. The zero-order valence-corrected chi connectivity index (χ0v) is 13.7. The number of quaternary nitrogens is 1. The zero-order valence-electron chi connectivity index (χ0n) is 13.0.